The summed E-state index contributed by atoms with van der Waals surface area (Å²) >= 11 is 0. The standard InChI is InChI=1S/C19H30N4/c1-2-20-19(21-12-10-16-6-4-3-5-7-16)22-14-17-11-13-23(15-17)18-8-9-18/h3-7,17-18H,2,8-15H2,1H3,(H2,20,21,22). The average Bonchev–Trinajstić information content (AvgIpc) is 3.32. The van der Waals surface area contributed by atoms with E-state index in [1.54, 1.807) is 0 Å². The summed E-state index contributed by atoms with van der Waals surface area (Å²) in [6, 6.07) is 11.5. The van der Waals surface area contributed by atoms with E-state index in [1.165, 1.54) is 37.9 Å². The van der Waals surface area contributed by atoms with Gasteiger partial charge in [0.2, 0.25) is 0 Å². The van der Waals surface area contributed by atoms with Gasteiger partial charge in [0.15, 0.2) is 5.96 Å². The van der Waals surface area contributed by atoms with Crippen LogP contribution in [0.4, 0.5) is 0 Å². The SMILES string of the molecule is CCNC(=NCC1CCN(C2CC2)C1)NCCc1ccccc1. The van der Waals surface area contributed by atoms with Crippen LogP contribution >= 0.6 is 0 Å². The lowest BCUT2D eigenvalue weighted by Crippen LogP contribution is -2.38. The topological polar surface area (TPSA) is 39.7 Å². The smallest absolute Gasteiger partial charge is 0.191 e. The highest BCUT2D eigenvalue weighted by atomic mass is 15.2. The van der Waals surface area contributed by atoms with Gasteiger partial charge in [-0.3, -0.25) is 4.99 Å². The predicted octanol–water partition coefficient (Wildman–Crippen LogP) is 2.27. The Morgan fingerprint density at radius 3 is 2.74 bits per heavy atom. The third kappa shape index (κ3) is 5.24. The molecule has 4 heteroatoms. The van der Waals surface area contributed by atoms with Crippen LogP contribution in [0.15, 0.2) is 35.3 Å². The van der Waals surface area contributed by atoms with Gasteiger partial charge in [0, 0.05) is 32.2 Å². The fraction of sp³-hybridized carbons (Fsp3) is 0.632. The fourth-order valence-electron chi connectivity index (χ4n) is 3.32. The number of nitrogens with zero attached hydrogens (tertiary/aromatic N) is 2. The Balaban J connectivity index is 1.42. The molecule has 4 nitrogen and oxygen atoms in total. The minimum absolute atomic E-state index is 0.736. The molecule has 0 bridgehead atoms. The molecule has 0 aromatic heterocycles. The van der Waals surface area contributed by atoms with Crippen molar-refractivity contribution in [2.75, 3.05) is 32.7 Å². The Bertz CT molecular complexity index is 495. The molecule has 2 N–H and O–H groups in total. The van der Waals surface area contributed by atoms with Crippen LogP contribution < -0.4 is 10.6 Å². The summed E-state index contributed by atoms with van der Waals surface area (Å²) in [5.74, 6) is 1.70. The van der Waals surface area contributed by atoms with Crippen LogP contribution in [0.25, 0.3) is 0 Å². The van der Waals surface area contributed by atoms with Gasteiger partial charge in [-0.1, -0.05) is 30.3 Å². The molecule has 1 aromatic carbocycles. The van der Waals surface area contributed by atoms with Gasteiger partial charge in [-0.25, -0.2) is 0 Å². The van der Waals surface area contributed by atoms with E-state index in [0.29, 0.717) is 0 Å². The highest BCUT2D eigenvalue weighted by Gasteiger charge is 2.34. The Hall–Kier alpha value is -1.55. The van der Waals surface area contributed by atoms with Crippen molar-refractivity contribution >= 4 is 5.96 Å². The second kappa shape index (κ2) is 8.34. The van der Waals surface area contributed by atoms with Gasteiger partial charge in [0.05, 0.1) is 0 Å². The largest absolute Gasteiger partial charge is 0.357 e. The van der Waals surface area contributed by atoms with Crippen LogP contribution in [0.2, 0.25) is 0 Å². The van der Waals surface area contributed by atoms with Gasteiger partial charge >= 0.3 is 0 Å². The first-order valence-electron chi connectivity index (χ1n) is 9.15. The van der Waals surface area contributed by atoms with E-state index in [1.807, 2.05) is 0 Å². The number of likely N-dealkylation sites (tertiary alicyclic amines) is 1. The zero-order chi connectivity index (χ0) is 15.9. The summed E-state index contributed by atoms with van der Waals surface area (Å²) in [5, 5.41) is 6.83. The molecule has 1 aliphatic carbocycles. The van der Waals surface area contributed by atoms with E-state index in [4.69, 9.17) is 4.99 Å². The molecular formula is C19H30N4. The Kier molecular flexibility index (Phi) is 5.92. The van der Waals surface area contributed by atoms with Crippen molar-refractivity contribution in [3.05, 3.63) is 35.9 Å². The maximum atomic E-state index is 4.81. The van der Waals surface area contributed by atoms with Gasteiger partial charge in [-0.15, -0.1) is 0 Å². The Labute approximate surface area is 140 Å². The summed E-state index contributed by atoms with van der Waals surface area (Å²) in [6.45, 7) is 7.44. The normalized spacial score (nSPS) is 22.3. The minimum atomic E-state index is 0.736. The van der Waals surface area contributed by atoms with Crippen LogP contribution in [0.5, 0.6) is 0 Å². The Morgan fingerprint density at radius 2 is 2.00 bits per heavy atom. The number of aliphatic imine (C=N–C) groups is 1. The summed E-state index contributed by atoms with van der Waals surface area (Å²) in [5.41, 5.74) is 1.37. The third-order valence-electron chi connectivity index (χ3n) is 4.78. The second-order valence-corrected chi connectivity index (χ2v) is 6.76. The van der Waals surface area contributed by atoms with Gasteiger partial charge in [-0.05, 0) is 50.6 Å². The summed E-state index contributed by atoms with van der Waals surface area (Å²) < 4.78 is 0. The van der Waals surface area contributed by atoms with E-state index in [-0.39, 0.29) is 0 Å². The zero-order valence-corrected chi connectivity index (χ0v) is 14.3. The van der Waals surface area contributed by atoms with E-state index < -0.39 is 0 Å². The minimum Gasteiger partial charge on any atom is -0.357 e. The molecule has 0 radical (unpaired) electrons. The van der Waals surface area contributed by atoms with Crippen molar-refractivity contribution in [1.82, 2.24) is 15.5 Å². The van der Waals surface area contributed by atoms with Gasteiger partial charge in [0.25, 0.3) is 0 Å². The van der Waals surface area contributed by atoms with Crippen LogP contribution in [-0.2, 0) is 6.42 Å². The molecule has 1 aliphatic heterocycles. The lowest BCUT2D eigenvalue weighted by Gasteiger charge is -2.15. The highest BCUT2D eigenvalue weighted by molar-refractivity contribution is 5.79. The van der Waals surface area contributed by atoms with Gasteiger partial charge in [-0.2, -0.15) is 0 Å². The van der Waals surface area contributed by atoms with E-state index in [0.717, 1.165) is 44.0 Å². The monoisotopic (exact) mass is 314 g/mol. The van der Waals surface area contributed by atoms with Crippen molar-refractivity contribution in [2.24, 2.45) is 10.9 Å². The first-order valence-corrected chi connectivity index (χ1v) is 9.15. The first-order chi connectivity index (χ1) is 11.3. The van der Waals surface area contributed by atoms with Crippen LogP contribution in [0, 0.1) is 5.92 Å². The zero-order valence-electron chi connectivity index (χ0n) is 14.3. The summed E-state index contributed by atoms with van der Waals surface area (Å²) in [7, 11) is 0. The average molecular weight is 314 g/mol. The number of hydrogen-bond acceptors (Lipinski definition) is 2. The van der Waals surface area contributed by atoms with Crippen molar-refractivity contribution in [2.45, 2.75) is 38.6 Å². The maximum Gasteiger partial charge on any atom is 0.191 e. The van der Waals surface area contributed by atoms with Crippen LogP contribution in [0.1, 0.15) is 31.7 Å². The van der Waals surface area contributed by atoms with E-state index in [2.05, 4.69) is 52.8 Å². The number of hydrogen-bond donors (Lipinski definition) is 2. The van der Waals surface area contributed by atoms with Crippen molar-refractivity contribution in [3.8, 4) is 0 Å². The predicted molar refractivity (Wildman–Crippen MR) is 96.8 cm³/mol. The van der Waals surface area contributed by atoms with Gasteiger partial charge in [0.1, 0.15) is 0 Å². The molecule has 126 valence electrons. The Morgan fingerprint density at radius 1 is 1.17 bits per heavy atom. The molecule has 1 aromatic rings. The van der Waals surface area contributed by atoms with Crippen LogP contribution in [0.3, 0.4) is 0 Å². The molecule has 2 aliphatic rings. The summed E-state index contributed by atoms with van der Waals surface area (Å²) in [4.78, 5) is 7.47. The lowest BCUT2D eigenvalue weighted by atomic mass is 10.1. The quantitative estimate of drug-likeness (QED) is 0.599. The maximum absolute atomic E-state index is 4.81. The highest BCUT2D eigenvalue weighted by Crippen LogP contribution is 2.31. The number of rotatable bonds is 7. The van der Waals surface area contributed by atoms with Crippen molar-refractivity contribution < 1.29 is 0 Å². The second-order valence-electron chi connectivity index (χ2n) is 6.76. The first kappa shape index (κ1) is 16.3. The van der Waals surface area contributed by atoms with Crippen molar-refractivity contribution in [3.63, 3.8) is 0 Å². The lowest BCUT2D eigenvalue weighted by molar-refractivity contribution is 0.315. The number of benzene rings is 1. The molecule has 1 unspecified atom stereocenters. The molecule has 0 amide bonds. The molecule has 0 spiro atoms. The van der Waals surface area contributed by atoms with E-state index >= 15 is 0 Å². The molecular weight excluding hydrogens is 284 g/mol. The van der Waals surface area contributed by atoms with Crippen molar-refractivity contribution in [1.29, 1.82) is 0 Å². The molecule has 1 atom stereocenters. The third-order valence-corrected chi connectivity index (χ3v) is 4.78. The summed E-state index contributed by atoms with van der Waals surface area (Å²) in [6.07, 6.45) is 5.17. The molecule has 3 rings (SSSR count). The van der Waals surface area contributed by atoms with Gasteiger partial charge < -0.3 is 15.5 Å². The van der Waals surface area contributed by atoms with Crippen LogP contribution in [-0.4, -0.2) is 49.6 Å². The molecule has 1 saturated heterocycles. The molecule has 1 saturated carbocycles. The van der Waals surface area contributed by atoms with E-state index in [9.17, 15) is 0 Å². The molecule has 1 heterocycles. The molecule has 23 heavy (non-hydrogen) atoms. The number of guanidine groups is 1. The molecule has 2 fully saturated rings. The fourth-order valence-corrected chi connectivity index (χ4v) is 3.32. The number of nitrogens with one attached hydrogen (secondary N) is 2.